The molecule has 40 nitrogen and oxygen atoms in total. The standard InChI is InChI=1S/C50H71N5O18.C27H52N6O11.2CH4/c1-25-20-32-41(70-43(25)69-40-31(54-47(62)66-24-27-14-10-7-11-15-27)21-30(36(57)38(40)59)53-46(61)65-23-26-12-8-6-9-13-26)42-35(55(5)49(64)71-42)44(67-32)72-45-39(60)37(58)34(33(22-56)68-45)51-28-16-18-29(19-17-28)52-48(63)73-50(2,3)4;1-32-17-20(37)24-14(7-13(31)25(43-24)42-23-12(30)6-11(29)18(35)21(23)38)40-26(17)44-27-22(39)19(36)16(15(8-34)41-27)33-10-4-2-9(28)3-5-10;;/h6-15,25,28-45,51,56-60H,16-24H2,1-5H3,(H,52,63)(H,53,61)(H,54,62);9-27,32-39H,2-8,28-31H2,1H3;2*1H4/t25?,28?,29?,30-,31?,32+,33?,34-,35?,36?,37+,38-,39?,40-,41?,42?,43+,44?,45-;9?,10?,11-,12?,13?,14+,15?,16-,17?,18?,19+,20?,21-,22?,23-,24?,25+,26?,27-;;/m11../s1. The summed E-state index contributed by atoms with van der Waals surface area (Å²) in [5.74, 6) is -0.501. The van der Waals surface area contributed by atoms with Crippen molar-refractivity contribution in [2.45, 2.75) is 365 Å². The molecule has 7 aliphatic heterocycles. The maximum absolute atomic E-state index is 13.3. The second kappa shape index (κ2) is 42.4. The van der Waals surface area contributed by atoms with Gasteiger partial charge < -0.3 is 177 Å². The van der Waals surface area contributed by atoms with Crippen LogP contribution in [0, 0.1) is 5.92 Å². The monoisotopic (exact) mass is 1700 g/mol. The second-order valence-corrected chi connectivity index (χ2v) is 33.9. The highest BCUT2D eigenvalue weighted by Crippen LogP contribution is 2.44. The Balaban J connectivity index is 0.000000277. The van der Waals surface area contributed by atoms with E-state index in [1.54, 1.807) is 83.3 Å². The summed E-state index contributed by atoms with van der Waals surface area (Å²) < 4.78 is 84.1. The van der Waals surface area contributed by atoms with Crippen LogP contribution in [0.25, 0.3) is 0 Å². The van der Waals surface area contributed by atoms with Crippen LogP contribution < -0.4 is 54.8 Å². The predicted octanol–water partition coefficient (Wildman–Crippen LogP) is -3.14. The molecule has 4 saturated carbocycles. The highest BCUT2D eigenvalue weighted by atomic mass is 16.8. The van der Waals surface area contributed by atoms with E-state index in [0.29, 0.717) is 25.7 Å². The number of aliphatic hydroxyl groups is 11. The minimum absolute atomic E-state index is 0. The molecule has 0 spiro atoms. The van der Waals surface area contributed by atoms with Crippen LogP contribution in [0.3, 0.4) is 0 Å². The Morgan fingerprint density at radius 2 is 0.975 bits per heavy atom. The lowest BCUT2D eigenvalue weighted by Gasteiger charge is -2.51. The molecule has 676 valence electrons. The van der Waals surface area contributed by atoms with Crippen LogP contribution in [0.1, 0.15) is 131 Å². The van der Waals surface area contributed by atoms with E-state index in [4.69, 9.17) is 89.3 Å². The number of carbonyl (C=O) groups excluding carboxylic acids is 4. The number of nitrogens with two attached hydrogens (primary N) is 4. The van der Waals surface area contributed by atoms with Gasteiger partial charge in [-0.1, -0.05) is 82.4 Å². The fraction of sp³-hybridized carbons (Fsp3) is 0.797. The summed E-state index contributed by atoms with van der Waals surface area (Å²) >= 11 is 0. The first kappa shape index (κ1) is 95.6. The first-order chi connectivity index (χ1) is 55.8. The quantitative estimate of drug-likeness (QED) is 0.0518. The highest BCUT2D eigenvalue weighted by Gasteiger charge is 2.62. The number of alkyl carbamates (subject to hydrolysis) is 3. The molecule has 0 radical (unpaired) electrons. The largest absolute Gasteiger partial charge is 0.445 e. The summed E-state index contributed by atoms with van der Waals surface area (Å²) in [6, 6.07) is 10.1. The smallest absolute Gasteiger partial charge is 0.410 e. The number of rotatable bonds is 22. The second-order valence-electron chi connectivity index (χ2n) is 33.9. The number of carbonyl (C=O) groups is 4. The Morgan fingerprint density at radius 1 is 0.479 bits per heavy atom. The molecule has 7 saturated heterocycles. The summed E-state index contributed by atoms with van der Waals surface area (Å²) in [7, 11) is 3.06. The molecule has 0 aromatic heterocycles. The van der Waals surface area contributed by atoms with Crippen LogP contribution in [0.2, 0.25) is 0 Å². The van der Waals surface area contributed by atoms with Gasteiger partial charge in [0, 0.05) is 49.2 Å². The van der Waals surface area contributed by atoms with Crippen molar-refractivity contribution in [3.05, 3.63) is 71.8 Å². The summed E-state index contributed by atoms with van der Waals surface area (Å²) in [5.41, 5.74) is 25.2. The zero-order valence-electron chi connectivity index (χ0n) is 66.6. The highest BCUT2D eigenvalue weighted by molar-refractivity contribution is 5.71. The van der Waals surface area contributed by atoms with Crippen molar-refractivity contribution in [3.8, 4) is 0 Å². The lowest BCUT2D eigenvalue weighted by atomic mass is 9.83. The number of hydrogen-bond acceptors (Lipinski definition) is 36. The van der Waals surface area contributed by atoms with Crippen molar-refractivity contribution in [2.75, 3.05) is 27.3 Å². The number of ether oxygens (including phenoxy) is 14. The van der Waals surface area contributed by atoms with E-state index in [9.17, 15) is 75.3 Å². The number of likely N-dealkylation sites (N-methyl/N-ethyl adjacent to an activating group) is 2. The molecule has 18 unspecified atom stereocenters. The molecule has 4 amide bonds. The summed E-state index contributed by atoms with van der Waals surface area (Å²) in [6.07, 6.45) is -25.9. The molecular weight excluding hydrogens is 1570 g/mol. The van der Waals surface area contributed by atoms with Crippen LogP contribution >= 0.6 is 0 Å². The van der Waals surface area contributed by atoms with Gasteiger partial charge >= 0.3 is 24.4 Å². The number of amides is 4. The zero-order chi connectivity index (χ0) is 84.0. The van der Waals surface area contributed by atoms with Gasteiger partial charge in [-0.2, -0.15) is 0 Å². The van der Waals surface area contributed by atoms with E-state index in [2.05, 4.69) is 31.9 Å². The van der Waals surface area contributed by atoms with E-state index in [1.165, 1.54) is 11.9 Å². The molecule has 40 heteroatoms. The Bertz CT molecular complexity index is 3470. The molecule has 34 atom stereocenters. The molecule has 25 N–H and O–H groups in total. The van der Waals surface area contributed by atoms with Crippen molar-refractivity contribution in [1.82, 2.24) is 36.8 Å². The van der Waals surface area contributed by atoms with Crippen molar-refractivity contribution >= 4 is 24.4 Å². The van der Waals surface area contributed by atoms with Gasteiger partial charge in [-0.25, -0.2) is 19.2 Å². The van der Waals surface area contributed by atoms with Crippen LogP contribution in [0.4, 0.5) is 19.2 Å². The average molecular weight is 1700 g/mol. The maximum Gasteiger partial charge on any atom is 0.410 e. The number of hydrogen-bond donors (Lipinski definition) is 21. The molecule has 11 aliphatic rings. The number of fused-ring (bicyclic) bond motifs is 4. The lowest BCUT2D eigenvalue weighted by molar-refractivity contribution is -0.376. The van der Waals surface area contributed by atoms with Crippen LogP contribution in [0.15, 0.2) is 60.7 Å². The van der Waals surface area contributed by atoms with E-state index in [-0.39, 0.29) is 77.9 Å². The van der Waals surface area contributed by atoms with Crippen molar-refractivity contribution < 1.29 is 142 Å². The van der Waals surface area contributed by atoms with Gasteiger partial charge in [0.25, 0.3) is 0 Å². The minimum Gasteiger partial charge on any atom is -0.445 e. The van der Waals surface area contributed by atoms with Gasteiger partial charge in [0.1, 0.15) is 110 Å². The van der Waals surface area contributed by atoms with Crippen LogP contribution in [-0.4, -0.2) is 345 Å². The predicted molar refractivity (Wildman–Crippen MR) is 418 cm³/mol. The zero-order valence-corrected chi connectivity index (χ0v) is 66.6. The molecule has 4 aliphatic carbocycles. The van der Waals surface area contributed by atoms with E-state index in [1.807, 2.05) is 12.1 Å². The molecule has 11 fully saturated rings. The first-order valence-corrected chi connectivity index (χ1v) is 40.8. The Morgan fingerprint density at radius 3 is 1.52 bits per heavy atom. The fourth-order valence-corrected chi connectivity index (χ4v) is 17.7. The third kappa shape index (κ3) is 23.1. The Hall–Kier alpha value is -5.60. The summed E-state index contributed by atoms with van der Waals surface area (Å²) in [6.45, 7) is 6.07. The van der Waals surface area contributed by atoms with Crippen molar-refractivity contribution in [3.63, 3.8) is 0 Å². The number of aliphatic hydroxyl groups excluding tert-OH is 11. The molecule has 7 heterocycles. The van der Waals surface area contributed by atoms with Gasteiger partial charge in [0.2, 0.25) is 0 Å². The van der Waals surface area contributed by atoms with Crippen LogP contribution in [-0.2, 0) is 79.5 Å². The molecular formula is C79H131N11O29. The first-order valence-electron chi connectivity index (χ1n) is 40.8. The molecule has 119 heavy (non-hydrogen) atoms. The van der Waals surface area contributed by atoms with Gasteiger partial charge in [-0.3, -0.25) is 4.90 Å². The number of benzene rings is 2. The van der Waals surface area contributed by atoms with E-state index >= 15 is 0 Å². The van der Waals surface area contributed by atoms with E-state index < -0.39 is 251 Å². The van der Waals surface area contributed by atoms with Crippen LogP contribution in [0.5, 0.6) is 0 Å². The average Bonchev–Trinajstić information content (AvgIpc) is 1.62. The molecule has 2 aromatic rings. The Labute approximate surface area is 692 Å². The minimum atomic E-state index is -1.69. The van der Waals surface area contributed by atoms with Crippen molar-refractivity contribution in [1.29, 1.82) is 0 Å². The Kier molecular flexibility index (Phi) is 34.1. The third-order valence-corrected chi connectivity index (χ3v) is 24.2. The molecule has 0 bridgehead atoms. The normalized spacial score (nSPS) is 42.8. The van der Waals surface area contributed by atoms with Gasteiger partial charge in [0.15, 0.2) is 43.8 Å². The van der Waals surface area contributed by atoms with Gasteiger partial charge in [-0.15, -0.1) is 0 Å². The SMILES string of the molecule is C.C.CC1C[C@@H]2OC(O[C@H]3OC(CO)[C@@H](NC4CCC(NC(=O)OC(C)(C)C)CC4)[C@H](O)C3O)C3C(OC(=O)N3C)C2O[C@@H]1O[C@@H]1C(NC(=O)OCc2ccccc2)C[C@@H](NC(=O)OCc2ccccc2)C(O)[C@H]1O.CNC1C(O[C@H]2OC(CO)[C@@H](NC3CCC(N)CC3)[C@H](O)C2O)O[C@H]2CC(N)[C@@H](O[C@@H]3C(N)C[C@@H](N)C(O)[C@H]3O)OC2C1O. The van der Waals surface area contributed by atoms with E-state index in [0.717, 1.165) is 36.8 Å². The fourth-order valence-electron chi connectivity index (χ4n) is 17.7. The lowest BCUT2D eigenvalue weighted by Crippen LogP contribution is -2.70. The topological polar surface area (TPSA) is 600 Å². The van der Waals surface area contributed by atoms with Crippen molar-refractivity contribution in [2.24, 2.45) is 28.9 Å². The maximum atomic E-state index is 13.3. The molecule has 13 rings (SSSR count). The van der Waals surface area contributed by atoms with Gasteiger partial charge in [-0.05, 0) is 116 Å². The summed E-state index contributed by atoms with van der Waals surface area (Å²) in [5, 5.41) is 139. The number of nitrogens with zero attached hydrogens (tertiary/aromatic N) is 1. The third-order valence-electron chi connectivity index (χ3n) is 24.2. The van der Waals surface area contributed by atoms with Gasteiger partial charge in [0.05, 0.1) is 67.8 Å². The number of nitrogens with one attached hydrogen (secondary N) is 6. The molecule has 2 aromatic carbocycles. The summed E-state index contributed by atoms with van der Waals surface area (Å²) in [4.78, 5) is 53.1.